The fraction of sp³-hybridized carbons (Fsp3) is 0.714. The molecule has 72 valence electrons. The van der Waals surface area contributed by atoms with Crippen molar-refractivity contribution < 1.29 is 13.6 Å². The van der Waals surface area contributed by atoms with Crippen molar-refractivity contribution in [3.05, 3.63) is 11.9 Å². The third-order valence-corrected chi connectivity index (χ3v) is 4.38. The zero-order chi connectivity index (χ0) is 9.61. The molecule has 0 aliphatic heterocycles. The molecular formula is C7H14BrO3P. The number of allylic oxidation sites excluding steroid dienone is 1. The normalized spacial score (nSPS) is 11.6. The van der Waals surface area contributed by atoms with E-state index in [1.54, 1.807) is 13.8 Å². The summed E-state index contributed by atoms with van der Waals surface area (Å²) in [5.74, 6) is 0. The van der Waals surface area contributed by atoms with Gasteiger partial charge in [0.25, 0.3) is 0 Å². The fourth-order valence-corrected chi connectivity index (χ4v) is 2.82. The summed E-state index contributed by atoms with van der Waals surface area (Å²) in [6.45, 7) is 7.89. The molecule has 0 aromatic rings. The van der Waals surface area contributed by atoms with Gasteiger partial charge >= 0.3 is 7.60 Å². The van der Waals surface area contributed by atoms with Crippen LogP contribution in [0.2, 0.25) is 0 Å². The molecule has 0 fully saturated rings. The van der Waals surface area contributed by atoms with E-state index in [0.717, 1.165) is 0 Å². The van der Waals surface area contributed by atoms with Crippen LogP contribution in [0.25, 0.3) is 0 Å². The second kappa shape index (κ2) is 5.92. The minimum Gasteiger partial charge on any atom is -0.306 e. The van der Waals surface area contributed by atoms with Gasteiger partial charge < -0.3 is 9.05 Å². The molecule has 0 unspecified atom stereocenters. The lowest BCUT2D eigenvalue weighted by Gasteiger charge is -2.17. The molecule has 0 bridgehead atoms. The first-order valence-electron chi connectivity index (χ1n) is 3.74. The zero-order valence-electron chi connectivity index (χ0n) is 7.38. The Hall–Kier alpha value is 0.370. The second-order valence-corrected chi connectivity index (χ2v) is 4.74. The maximum absolute atomic E-state index is 11.8. The highest BCUT2D eigenvalue weighted by Crippen LogP contribution is 2.55. The summed E-state index contributed by atoms with van der Waals surface area (Å²) in [7, 11) is -3.05. The summed E-state index contributed by atoms with van der Waals surface area (Å²) in [6, 6.07) is 0. The van der Waals surface area contributed by atoms with E-state index in [4.69, 9.17) is 9.05 Å². The third kappa shape index (κ3) is 3.40. The van der Waals surface area contributed by atoms with E-state index in [0.29, 0.717) is 23.9 Å². The Bertz CT molecular complexity index is 183. The Morgan fingerprint density at radius 1 is 1.42 bits per heavy atom. The average Bonchev–Trinajstić information content (AvgIpc) is 2.04. The van der Waals surface area contributed by atoms with Gasteiger partial charge in [0.1, 0.15) is 0 Å². The van der Waals surface area contributed by atoms with Crippen molar-refractivity contribution in [1.29, 1.82) is 0 Å². The standard InChI is InChI=1S/C7H14BrO3P/c1-4-10-12(9,11-5-2)7(3)6-8/h3-6H2,1-2H3. The molecule has 0 aromatic heterocycles. The van der Waals surface area contributed by atoms with Gasteiger partial charge in [-0.25, -0.2) is 0 Å². The first-order chi connectivity index (χ1) is 5.60. The van der Waals surface area contributed by atoms with Gasteiger partial charge in [0, 0.05) is 10.6 Å². The Labute approximate surface area is 81.8 Å². The third-order valence-electron chi connectivity index (χ3n) is 1.14. The Morgan fingerprint density at radius 2 is 1.83 bits per heavy atom. The Morgan fingerprint density at radius 3 is 2.08 bits per heavy atom. The smallest absolute Gasteiger partial charge is 0.306 e. The van der Waals surface area contributed by atoms with E-state index >= 15 is 0 Å². The van der Waals surface area contributed by atoms with Crippen molar-refractivity contribution in [1.82, 2.24) is 0 Å². The summed E-state index contributed by atoms with van der Waals surface area (Å²) in [4.78, 5) is 0. The average molecular weight is 257 g/mol. The summed E-state index contributed by atoms with van der Waals surface area (Å²) in [6.07, 6.45) is 0. The van der Waals surface area contributed by atoms with Crippen molar-refractivity contribution in [2.75, 3.05) is 18.5 Å². The van der Waals surface area contributed by atoms with Crippen LogP contribution in [0.1, 0.15) is 13.8 Å². The number of alkyl halides is 1. The van der Waals surface area contributed by atoms with E-state index in [1.165, 1.54) is 0 Å². The lowest BCUT2D eigenvalue weighted by molar-refractivity contribution is 0.226. The summed E-state index contributed by atoms with van der Waals surface area (Å²) in [5.41, 5.74) is 0. The van der Waals surface area contributed by atoms with Crippen LogP contribution in [0.3, 0.4) is 0 Å². The minimum absolute atomic E-state index is 0.364. The molecule has 0 atom stereocenters. The minimum atomic E-state index is -3.05. The van der Waals surface area contributed by atoms with Crippen molar-refractivity contribution in [3.8, 4) is 0 Å². The van der Waals surface area contributed by atoms with E-state index in [1.807, 2.05) is 0 Å². The first-order valence-corrected chi connectivity index (χ1v) is 6.40. The van der Waals surface area contributed by atoms with Gasteiger partial charge in [-0.05, 0) is 13.8 Å². The molecule has 0 spiro atoms. The van der Waals surface area contributed by atoms with Crippen molar-refractivity contribution in [3.63, 3.8) is 0 Å². The van der Waals surface area contributed by atoms with E-state index in [9.17, 15) is 4.57 Å². The Balaban J connectivity index is 4.38. The van der Waals surface area contributed by atoms with Crippen LogP contribution in [0.15, 0.2) is 11.9 Å². The molecule has 0 rings (SSSR count). The highest BCUT2D eigenvalue weighted by molar-refractivity contribution is 9.09. The predicted octanol–water partition coefficient (Wildman–Crippen LogP) is 3.16. The number of rotatable bonds is 6. The maximum atomic E-state index is 11.8. The molecule has 0 aromatic carbocycles. The molecule has 0 N–H and O–H groups in total. The summed E-state index contributed by atoms with van der Waals surface area (Å²) < 4.78 is 21.8. The molecule has 0 saturated heterocycles. The quantitative estimate of drug-likeness (QED) is 0.541. The molecule has 12 heavy (non-hydrogen) atoms. The molecule has 0 aliphatic carbocycles. The van der Waals surface area contributed by atoms with Crippen LogP contribution in [0, 0.1) is 0 Å². The van der Waals surface area contributed by atoms with Gasteiger partial charge in [-0.3, -0.25) is 4.57 Å². The van der Waals surface area contributed by atoms with Gasteiger partial charge in [0.05, 0.1) is 13.2 Å². The van der Waals surface area contributed by atoms with Crippen molar-refractivity contribution >= 4 is 23.5 Å². The lowest BCUT2D eigenvalue weighted by atomic mass is 10.8. The molecule has 0 heterocycles. The highest BCUT2D eigenvalue weighted by Gasteiger charge is 2.26. The van der Waals surface area contributed by atoms with Crippen LogP contribution >= 0.6 is 23.5 Å². The van der Waals surface area contributed by atoms with E-state index < -0.39 is 7.60 Å². The maximum Gasteiger partial charge on any atom is 0.357 e. The van der Waals surface area contributed by atoms with Gasteiger partial charge in [-0.1, -0.05) is 22.5 Å². The predicted molar refractivity (Wildman–Crippen MR) is 53.8 cm³/mol. The molecular weight excluding hydrogens is 243 g/mol. The second-order valence-electron chi connectivity index (χ2n) is 2.03. The van der Waals surface area contributed by atoms with Gasteiger partial charge in [0.2, 0.25) is 0 Å². The summed E-state index contributed by atoms with van der Waals surface area (Å²) >= 11 is 3.16. The molecule has 3 nitrogen and oxygen atoms in total. The van der Waals surface area contributed by atoms with Crippen LogP contribution in [-0.4, -0.2) is 18.5 Å². The molecule has 0 radical (unpaired) electrons. The number of hydrogen-bond donors (Lipinski definition) is 0. The molecule has 0 aliphatic rings. The van der Waals surface area contributed by atoms with E-state index in [-0.39, 0.29) is 0 Å². The first kappa shape index (κ1) is 12.4. The summed E-state index contributed by atoms with van der Waals surface area (Å²) in [5, 5.41) is 0.899. The molecule has 0 saturated carbocycles. The SMILES string of the molecule is C=C(CBr)P(=O)(OCC)OCC. The van der Waals surface area contributed by atoms with Crippen LogP contribution < -0.4 is 0 Å². The molecule has 0 amide bonds. The zero-order valence-corrected chi connectivity index (χ0v) is 9.86. The largest absolute Gasteiger partial charge is 0.357 e. The van der Waals surface area contributed by atoms with Crippen molar-refractivity contribution in [2.24, 2.45) is 0 Å². The van der Waals surface area contributed by atoms with Gasteiger partial charge in [0.15, 0.2) is 0 Å². The van der Waals surface area contributed by atoms with Crippen molar-refractivity contribution in [2.45, 2.75) is 13.8 Å². The van der Waals surface area contributed by atoms with Crippen LogP contribution in [0.5, 0.6) is 0 Å². The van der Waals surface area contributed by atoms with Crippen LogP contribution in [0.4, 0.5) is 0 Å². The number of hydrogen-bond acceptors (Lipinski definition) is 3. The highest BCUT2D eigenvalue weighted by atomic mass is 79.9. The van der Waals surface area contributed by atoms with Crippen LogP contribution in [-0.2, 0) is 13.6 Å². The van der Waals surface area contributed by atoms with Gasteiger partial charge in [-0.2, -0.15) is 0 Å². The van der Waals surface area contributed by atoms with Gasteiger partial charge in [-0.15, -0.1) is 0 Å². The topological polar surface area (TPSA) is 35.5 Å². The van der Waals surface area contributed by atoms with E-state index in [2.05, 4.69) is 22.5 Å². The lowest BCUT2D eigenvalue weighted by Crippen LogP contribution is -1.98. The number of halogens is 1. The molecule has 5 heteroatoms. The fourth-order valence-electron chi connectivity index (χ4n) is 0.633. The monoisotopic (exact) mass is 256 g/mol. The Kier molecular flexibility index (Phi) is 6.10.